The lowest BCUT2D eigenvalue weighted by Gasteiger charge is -2.33. The van der Waals surface area contributed by atoms with Gasteiger partial charge in [-0.3, -0.25) is 14.6 Å². The highest BCUT2D eigenvalue weighted by Gasteiger charge is 2.31. The van der Waals surface area contributed by atoms with E-state index < -0.39 is 0 Å². The number of nitrogens with zero attached hydrogens (tertiary/aromatic N) is 2. The summed E-state index contributed by atoms with van der Waals surface area (Å²) in [5.41, 5.74) is 4.07. The highest BCUT2D eigenvalue weighted by Crippen LogP contribution is 2.28. The minimum Gasteiger partial charge on any atom is -0.352 e. The molecular formula is C26H35N3O. The molecule has 1 amide bonds. The van der Waals surface area contributed by atoms with E-state index in [1.165, 1.54) is 16.7 Å². The molecule has 30 heavy (non-hydrogen) atoms. The summed E-state index contributed by atoms with van der Waals surface area (Å²) in [7, 11) is 0. The summed E-state index contributed by atoms with van der Waals surface area (Å²) < 4.78 is 0. The van der Waals surface area contributed by atoms with E-state index in [0.717, 1.165) is 52.0 Å². The Hall–Kier alpha value is -2.17. The molecule has 4 nitrogen and oxygen atoms in total. The third kappa shape index (κ3) is 5.30. The zero-order valence-electron chi connectivity index (χ0n) is 18.4. The molecular weight excluding hydrogens is 370 g/mol. The van der Waals surface area contributed by atoms with Crippen LogP contribution >= 0.6 is 0 Å². The van der Waals surface area contributed by atoms with Gasteiger partial charge in [0, 0.05) is 32.2 Å². The van der Waals surface area contributed by atoms with E-state index in [4.69, 9.17) is 0 Å². The van der Waals surface area contributed by atoms with Crippen LogP contribution in [0.2, 0.25) is 0 Å². The van der Waals surface area contributed by atoms with Gasteiger partial charge in [0.2, 0.25) is 5.91 Å². The average Bonchev–Trinajstić information content (AvgIpc) is 3.26. The lowest BCUT2D eigenvalue weighted by atomic mass is 9.97. The zero-order chi connectivity index (χ0) is 20.9. The van der Waals surface area contributed by atoms with Crippen LogP contribution in [0.3, 0.4) is 0 Å². The van der Waals surface area contributed by atoms with Crippen molar-refractivity contribution in [3.05, 3.63) is 71.3 Å². The molecule has 0 radical (unpaired) electrons. The van der Waals surface area contributed by atoms with Crippen LogP contribution in [-0.4, -0.2) is 54.0 Å². The number of nitrogens with one attached hydrogen (secondary N) is 1. The quantitative estimate of drug-likeness (QED) is 0.790. The highest BCUT2D eigenvalue weighted by atomic mass is 16.2. The largest absolute Gasteiger partial charge is 0.352 e. The molecule has 0 bridgehead atoms. The molecule has 4 rings (SSSR count). The molecule has 2 aromatic carbocycles. The van der Waals surface area contributed by atoms with E-state index >= 15 is 0 Å². The van der Waals surface area contributed by atoms with E-state index in [2.05, 4.69) is 83.6 Å². The van der Waals surface area contributed by atoms with Gasteiger partial charge in [-0.1, -0.05) is 60.2 Å². The normalized spacial score (nSPS) is 22.1. The lowest BCUT2D eigenvalue weighted by Crippen LogP contribution is -2.50. The van der Waals surface area contributed by atoms with Gasteiger partial charge in [-0.25, -0.2) is 0 Å². The highest BCUT2D eigenvalue weighted by molar-refractivity contribution is 5.81. The summed E-state index contributed by atoms with van der Waals surface area (Å²) in [5, 5.41) is 3.33. The maximum absolute atomic E-state index is 12.9. The number of carbonyl (C=O) groups excluding carboxylic acids is 1. The SMILES string of the molecule is Cc1ccc(C2CCN(C(C)C(=O)NC3CCN(Cc4ccccc4)CC3)C2)cc1. The monoisotopic (exact) mass is 405 g/mol. The third-order valence-electron chi connectivity index (χ3n) is 6.88. The van der Waals surface area contributed by atoms with Crippen LogP contribution in [0.4, 0.5) is 0 Å². The summed E-state index contributed by atoms with van der Waals surface area (Å²) in [6, 6.07) is 19.8. The molecule has 2 aromatic rings. The molecule has 2 aliphatic heterocycles. The first-order chi connectivity index (χ1) is 14.6. The Morgan fingerprint density at radius 3 is 2.40 bits per heavy atom. The Bertz CT molecular complexity index is 812. The molecule has 0 aliphatic carbocycles. The molecule has 0 aromatic heterocycles. The van der Waals surface area contributed by atoms with Gasteiger partial charge < -0.3 is 5.32 Å². The van der Waals surface area contributed by atoms with Crippen LogP contribution in [-0.2, 0) is 11.3 Å². The van der Waals surface area contributed by atoms with E-state index in [1.807, 2.05) is 0 Å². The summed E-state index contributed by atoms with van der Waals surface area (Å²) in [6.45, 7) is 9.28. The summed E-state index contributed by atoms with van der Waals surface area (Å²) in [6.07, 6.45) is 3.22. The second-order valence-corrected chi connectivity index (χ2v) is 9.11. The van der Waals surface area contributed by atoms with Crippen molar-refractivity contribution < 1.29 is 4.79 Å². The number of carbonyl (C=O) groups is 1. The summed E-state index contributed by atoms with van der Waals surface area (Å²) >= 11 is 0. The summed E-state index contributed by atoms with van der Waals surface area (Å²) in [5.74, 6) is 0.739. The van der Waals surface area contributed by atoms with Crippen molar-refractivity contribution in [1.29, 1.82) is 0 Å². The fraction of sp³-hybridized carbons (Fsp3) is 0.500. The smallest absolute Gasteiger partial charge is 0.237 e. The number of likely N-dealkylation sites (tertiary alicyclic amines) is 2. The Morgan fingerprint density at radius 2 is 1.70 bits per heavy atom. The zero-order valence-corrected chi connectivity index (χ0v) is 18.4. The number of amides is 1. The molecule has 2 atom stereocenters. The number of aryl methyl sites for hydroxylation is 1. The van der Waals surface area contributed by atoms with Crippen molar-refractivity contribution >= 4 is 5.91 Å². The Morgan fingerprint density at radius 1 is 1.00 bits per heavy atom. The number of benzene rings is 2. The molecule has 2 aliphatic rings. The van der Waals surface area contributed by atoms with Crippen LogP contribution in [0, 0.1) is 6.92 Å². The minimum absolute atomic E-state index is 0.0530. The molecule has 0 saturated carbocycles. The van der Waals surface area contributed by atoms with Gasteiger partial charge in [-0.2, -0.15) is 0 Å². The van der Waals surface area contributed by atoms with Crippen molar-refractivity contribution in [1.82, 2.24) is 15.1 Å². The molecule has 0 spiro atoms. The number of rotatable bonds is 6. The van der Waals surface area contributed by atoms with Gasteiger partial charge in [-0.15, -0.1) is 0 Å². The maximum Gasteiger partial charge on any atom is 0.237 e. The van der Waals surface area contributed by atoms with E-state index in [9.17, 15) is 4.79 Å². The van der Waals surface area contributed by atoms with Crippen LogP contribution in [0.15, 0.2) is 54.6 Å². The molecule has 4 heteroatoms. The molecule has 160 valence electrons. The third-order valence-corrected chi connectivity index (χ3v) is 6.88. The molecule has 2 saturated heterocycles. The second-order valence-electron chi connectivity index (χ2n) is 9.11. The average molecular weight is 406 g/mol. The van der Waals surface area contributed by atoms with Gasteiger partial charge in [0.25, 0.3) is 0 Å². The molecule has 1 N–H and O–H groups in total. The van der Waals surface area contributed by atoms with Gasteiger partial charge >= 0.3 is 0 Å². The van der Waals surface area contributed by atoms with Crippen molar-refractivity contribution in [3.63, 3.8) is 0 Å². The van der Waals surface area contributed by atoms with Gasteiger partial charge in [0.05, 0.1) is 6.04 Å². The number of piperidine rings is 1. The van der Waals surface area contributed by atoms with Crippen molar-refractivity contribution in [2.45, 2.75) is 57.7 Å². The van der Waals surface area contributed by atoms with Crippen molar-refractivity contribution in [3.8, 4) is 0 Å². The first kappa shape index (κ1) is 21.1. The Balaban J connectivity index is 1.22. The number of hydrogen-bond acceptors (Lipinski definition) is 3. The van der Waals surface area contributed by atoms with Gasteiger partial charge in [0.1, 0.15) is 0 Å². The second kappa shape index (κ2) is 9.76. The fourth-order valence-electron chi connectivity index (χ4n) is 4.81. The van der Waals surface area contributed by atoms with Crippen LogP contribution in [0.1, 0.15) is 48.8 Å². The first-order valence-electron chi connectivity index (χ1n) is 11.5. The fourth-order valence-corrected chi connectivity index (χ4v) is 4.81. The van der Waals surface area contributed by atoms with Crippen molar-refractivity contribution in [2.24, 2.45) is 0 Å². The predicted molar refractivity (Wildman–Crippen MR) is 122 cm³/mol. The standard InChI is InChI=1S/C26H35N3O/c1-20-8-10-23(11-9-20)24-12-17-29(19-24)21(2)26(30)27-25-13-15-28(16-14-25)18-22-6-4-3-5-7-22/h3-11,21,24-25H,12-19H2,1-2H3,(H,27,30). The predicted octanol–water partition coefficient (Wildman–Crippen LogP) is 3.95. The topological polar surface area (TPSA) is 35.6 Å². The molecule has 2 heterocycles. The number of hydrogen-bond donors (Lipinski definition) is 1. The van der Waals surface area contributed by atoms with Crippen LogP contribution in [0.5, 0.6) is 0 Å². The minimum atomic E-state index is -0.0530. The lowest BCUT2D eigenvalue weighted by molar-refractivity contribution is -0.126. The Kier molecular flexibility index (Phi) is 6.86. The van der Waals surface area contributed by atoms with Crippen LogP contribution in [0.25, 0.3) is 0 Å². The maximum atomic E-state index is 12.9. The van der Waals surface area contributed by atoms with Crippen LogP contribution < -0.4 is 5.32 Å². The van der Waals surface area contributed by atoms with Gasteiger partial charge in [0.15, 0.2) is 0 Å². The van der Waals surface area contributed by atoms with Crippen molar-refractivity contribution in [2.75, 3.05) is 26.2 Å². The molecule has 2 fully saturated rings. The Labute approximate surface area is 181 Å². The molecule has 2 unspecified atom stereocenters. The van der Waals surface area contributed by atoms with Gasteiger partial charge in [-0.05, 0) is 56.7 Å². The first-order valence-corrected chi connectivity index (χ1v) is 11.5. The van der Waals surface area contributed by atoms with E-state index in [1.54, 1.807) is 0 Å². The van der Waals surface area contributed by atoms with E-state index in [-0.39, 0.29) is 11.9 Å². The van der Waals surface area contributed by atoms with E-state index in [0.29, 0.717) is 12.0 Å². The summed E-state index contributed by atoms with van der Waals surface area (Å²) in [4.78, 5) is 17.7.